The number of benzene rings is 2. The van der Waals surface area contributed by atoms with Crippen molar-refractivity contribution in [1.29, 1.82) is 5.26 Å². The number of carbonyl (C=O) groups excluding carboxylic acids is 1. The van der Waals surface area contributed by atoms with Crippen molar-refractivity contribution in [2.24, 2.45) is 0 Å². The molecule has 136 valence electrons. The monoisotopic (exact) mass is 363 g/mol. The molecule has 6 heteroatoms. The molecule has 0 atom stereocenters. The van der Waals surface area contributed by atoms with Gasteiger partial charge in [-0.3, -0.25) is 0 Å². The third-order valence-electron chi connectivity index (χ3n) is 4.26. The van der Waals surface area contributed by atoms with Gasteiger partial charge in [-0.15, -0.1) is 0 Å². The predicted octanol–water partition coefficient (Wildman–Crippen LogP) is 3.40. The average Bonchev–Trinajstić information content (AvgIpc) is 2.67. The summed E-state index contributed by atoms with van der Waals surface area (Å²) in [6.45, 7) is 3.39. The molecule has 6 nitrogen and oxygen atoms in total. The van der Waals surface area contributed by atoms with Crippen LogP contribution in [0, 0.1) is 25.2 Å². The first-order valence-electron chi connectivity index (χ1n) is 8.30. The van der Waals surface area contributed by atoms with Crippen molar-refractivity contribution in [1.82, 2.24) is 0 Å². The highest BCUT2D eigenvalue weighted by atomic mass is 16.6. The zero-order chi connectivity index (χ0) is 19.4. The summed E-state index contributed by atoms with van der Waals surface area (Å²) in [5.74, 6) is -0.290. The second kappa shape index (κ2) is 7.75. The highest BCUT2D eigenvalue weighted by Gasteiger charge is 2.12. The maximum Gasteiger partial charge on any atom is 0.344 e. The van der Waals surface area contributed by atoms with Gasteiger partial charge in [0.1, 0.15) is 24.0 Å². The number of carbonyl (C=O) groups is 1. The summed E-state index contributed by atoms with van der Waals surface area (Å²) in [4.78, 5) is 23.8. The fourth-order valence-electron chi connectivity index (χ4n) is 2.67. The van der Waals surface area contributed by atoms with Crippen LogP contribution in [0.25, 0.3) is 11.0 Å². The lowest BCUT2D eigenvalue weighted by atomic mass is 10.0. The number of nitrogens with zero attached hydrogens (tertiary/aromatic N) is 1. The van der Waals surface area contributed by atoms with Crippen molar-refractivity contribution in [3.8, 4) is 11.8 Å². The second-order valence-corrected chi connectivity index (χ2v) is 6.03. The molecule has 0 saturated heterocycles. The third-order valence-corrected chi connectivity index (χ3v) is 4.26. The number of ether oxygens (including phenoxy) is 2. The third kappa shape index (κ3) is 3.98. The van der Waals surface area contributed by atoms with E-state index in [0.717, 1.165) is 16.5 Å². The molecule has 0 aliphatic rings. The Hall–Kier alpha value is -3.59. The number of para-hydroxylation sites is 1. The van der Waals surface area contributed by atoms with Gasteiger partial charge < -0.3 is 13.9 Å². The predicted molar refractivity (Wildman–Crippen MR) is 98.4 cm³/mol. The normalized spacial score (nSPS) is 10.4. The minimum Gasteiger partial charge on any atom is -0.481 e. The first-order valence-corrected chi connectivity index (χ1v) is 8.30. The Bertz CT molecular complexity index is 1110. The Kier molecular flexibility index (Phi) is 5.23. The number of rotatable bonds is 5. The van der Waals surface area contributed by atoms with Crippen LogP contribution in [0.5, 0.6) is 5.75 Å². The molecule has 1 aromatic heterocycles. The summed E-state index contributed by atoms with van der Waals surface area (Å²) in [5.41, 5.74) is 2.77. The molecular weight excluding hydrogens is 346 g/mol. The topological polar surface area (TPSA) is 89.5 Å². The van der Waals surface area contributed by atoms with E-state index < -0.39 is 11.6 Å². The summed E-state index contributed by atoms with van der Waals surface area (Å²) in [6, 6.07) is 13.7. The molecule has 0 amide bonds. The molecule has 0 aliphatic carbocycles. The molecule has 0 N–H and O–H groups in total. The standard InChI is InChI=1S/C21H17NO5/c1-13-7-8-17-16(9-19(23)27-21(17)14(13)2)11-26-20(24)12-25-18-6-4-3-5-15(18)10-22/h3-9H,11-12H2,1-2H3. The maximum atomic E-state index is 12.0. The second-order valence-electron chi connectivity index (χ2n) is 6.03. The lowest BCUT2D eigenvalue weighted by Crippen LogP contribution is -2.16. The lowest BCUT2D eigenvalue weighted by Gasteiger charge is -2.10. The highest BCUT2D eigenvalue weighted by molar-refractivity contribution is 5.84. The Balaban J connectivity index is 1.72. The van der Waals surface area contributed by atoms with Crippen molar-refractivity contribution in [2.75, 3.05) is 6.61 Å². The molecular formula is C21H17NO5. The summed E-state index contributed by atoms with van der Waals surface area (Å²) < 4.78 is 15.9. The summed E-state index contributed by atoms with van der Waals surface area (Å²) >= 11 is 0. The zero-order valence-electron chi connectivity index (χ0n) is 14.9. The van der Waals surface area contributed by atoms with Crippen molar-refractivity contribution < 1.29 is 18.7 Å². The van der Waals surface area contributed by atoms with E-state index in [1.165, 1.54) is 6.07 Å². The molecule has 0 radical (unpaired) electrons. The van der Waals surface area contributed by atoms with Crippen molar-refractivity contribution >= 4 is 16.9 Å². The van der Waals surface area contributed by atoms with Gasteiger partial charge in [-0.05, 0) is 37.1 Å². The van der Waals surface area contributed by atoms with Crippen LogP contribution in [-0.2, 0) is 16.1 Å². The first kappa shape index (κ1) is 18.2. The van der Waals surface area contributed by atoms with Crippen LogP contribution in [0.4, 0.5) is 0 Å². The van der Waals surface area contributed by atoms with E-state index in [4.69, 9.17) is 19.2 Å². The first-order chi connectivity index (χ1) is 13.0. The number of hydrogen-bond donors (Lipinski definition) is 0. The molecule has 0 saturated carbocycles. The lowest BCUT2D eigenvalue weighted by molar-refractivity contribution is -0.147. The average molecular weight is 363 g/mol. The Morgan fingerprint density at radius 1 is 1.19 bits per heavy atom. The van der Waals surface area contributed by atoms with Gasteiger partial charge in [0, 0.05) is 17.0 Å². The number of hydrogen-bond acceptors (Lipinski definition) is 6. The van der Waals surface area contributed by atoms with Gasteiger partial charge >= 0.3 is 11.6 Å². The number of fused-ring (bicyclic) bond motifs is 1. The summed E-state index contributed by atoms with van der Waals surface area (Å²) in [7, 11) is 0. The number of esters is 1. The van der Waals surface area contributed by atoms with E-state index in [9.17, 15) is 9.59 Å². The van der Waals surface area contributed by atoms with Gasteiger partial charge in [0.25, 0.3) is 0 Å². The highest BCUT2D eigenvalue weighted by Crippen LogP contribution is 2.23. The Morgan fingerprint density at radius 3 is 2.74 bits per heavy atom. The van der Waals surface area contributed by atoms with Crippen LogP contribution in [0.3, 0.4) is 0 Å². The maximum absolute atomic E-state index is 12.0. The van der Waals surface area contributed by atoms with Crippen molar-refractivity contribution in [2.45, 2.75) is 20.5 Å². The van der Waals surface area contributed by atoms with Gasteiger partial charge in [-0.2, -0.15) is 5.26 Å². The van der Waals surface area contributed by atoms with E-state index >= 15 is 0 Å². The van der Waals surface area contributed by atoms with Crippen LogP contribution >= 0.6 is 0 Å². The van der Waals surface area contributed by atoms with Crippen molar-refractivity contribution in [3.63, 3.8) is 0 Å². The van der Waals surface area contributed by atoms with Crippen LogP contribution in [0.1, 0.15) is 22.3 Å². The molecule has 0 unspecified atom stereocenters. The van der Waals surface area contributed by atoms with E-state index in [0.29, 0.717) is 22.5 Å². The van der Waals surface area contributed by atoms with Crippen LogP contribution in [0.15, 0.2) is 51.7 Å². The summed E-state index contributed by atoms with van der Waals surface area (Å²) in [5, 5.41) is 9.74. The quantitative estimate of drug-likeness (QED) is 0.510. The Morgan fingerprint density at radius 2 is 1.96 bits per heavy atom. The Labute approximate surface area is 155 Å². The molecule has 27 heavy (non-hydrogen) atoms. The van der Waals surface area contributed by atoms with Crippen molar-refractivity contribution in [3.05, 3.63) is 75.1 Å². The fraction of sp³-hybridized carbons (Fsp3) is 0.190. The van der Waals surface area contributed by atoms with Gasteiger partial charge in [-0.1, -0.05) is 24.3 Å². The molecule has 0 bridgehead atoms. The fourth-order valence-corrected chi connectivity index (χ4v) is 2.67. The smallest absolute Gasteiger partial charge is 0.344 e. The number of aryl methyl sites for hydroxylation is 2. The van der Waals surface area contributed by atoms with Gasteiger partial charge in [-0.25, -0.2) is 9.59 Å². The van der Waals surface area contributed by atoms with E-state index in [1.807, 2.05) is 32.0 Å². The molecule has 1 heterocycles. The molecule has 3 aromatic rings. The molecule has 3 rings (SSSR count). The van der Waals surface area contributed by atoms with E-state index in [-0.39, 0.29) is 13.2 Å². The molecule has 2 aromatic carbocycles. The molecule has 0 spiro atoms. The van der Waals surface area contributed by atoms with Crippen LogP contribution in [-0.4, -0.2) is 12.6 Å². The molecule has 0 fully saturated rings. The minimum atomic E-state index is -0.604. The van der Waals surface area contributed by atoms with E-state index in [2.05, 4.69) is 0 Å². The minimum absolute atomic E-state index is 0.0767. The van der Waals surface area contributed by atoms with Gasteiger partial charge in [0.05, 0.1) is 5.56 Å². The van der Waals surface area contributed by atoms with Gasteiger partial charge in [0.2, 0.25) is 0 Å². The van der Waals surface area contributed by atoms with Crippen LogP contribution < -0.4 is 10.4 Å². The largest absolute Gasteiger partial charge is 0.481 e. The SMILES string of the molecule is Cc1ccc2c(COC(=O)COc3ccccc3C#N)cc(=O)oc2c1C. The zero-order valence-corrected chi connectivity index (χ0v) is 14.9. The van der Waals surface area contributed by atoms with Crippen LogP contribution in [0.2, 0.25) is 0 Å². The van der Waals surface area contributed by atoms with Gasteiger partial charge in [0.15, 0.2) is 6.61 Å². The summed E-state index contributed by atoms with van der Waals surface area (Å²) in [6.07, 6.45) is 0. The van der Waals surface area contributed by atoms with E-state index in [1.54, 1.807) is 24.3 Å². The number of nitriles is 1. The molecule has 0 aliphatic heterocycles.